The minimum Gasteiger partial charge on any atom is -0.392 e. The molecule has 9 nitrogen and oxygen atoms in total. The smallest absolute Gasteiger partial charge is 0.392 e. The topological polar surface area (TPSA) is 105 Å². The Morgan fingerprint density at radius 2 is 2.33 bits per heavy atom. The minimum atomic E-state index is -0.512. The van der Waals surface area contributed by atoms with Gasteiger partial charge in [0.05, 0.1) is 18.3 Å². The highest BCUT2D eigenvalue weighted by molar-refractivity contribution is 5.47. The summed E-state index contributed by atoms with van der Waals surface area (Å²) in [5.74, 6) is 0.912. The first-order valence-corrected chi connectivity index (χ1v) is 6.75. The number of nitrogens with one attached hydrogen (secondary N) is 1. The number of nitrogens with zero attached hydrogens (tertiary/aromatic N) is 6. The van der Waals surface area contributed by atoms with E-state index in [0.29, 0.717) is 18.1 Å². The van der Waals surface area contributed by atoms with Crippen LogP contribution in [0.5, 0.6) is 0 Å². The predicted octanol–water partition coefficient (Wildman–Crippen LogP) is 0.185. The molecule has 21 heavy (non-hydrogen) atoms. The molecule has 0 aromatic carbocycles. The molecular formula is C12H13N7O2. The molecule has 1 atom stereocenters. The van der Waals surface area contributed by atoms with E-state index in [1.54, 1.807) is 16.9 Å². The summed E-state index contributed by atoms with van der Waals surface area (Å²) in [6.07, 6.45) is 6.86. The third-order valence-electron chi connectivity index (χ3n) is 3.72. The molecule has 1 aliphatic heterocycles. The van der Waals surface area contributed by atoms with Crippen LogP contribution in [0.2, 0.25) is 0 Å². The van der Waals surface area contributed by atoms with Crippen molar-refractivity contribution in [1.29, 1.82) is 0 Å². The fourth-order valence-electron chi connectivity index (χ4n) is 2.76. The Morgan fingerprint density at radius 3 is 3.19 bits per heavy atom. The molecule has 1 saturated heterocycles. The average molecular weight is 287 g/mol. The number of hydrogen-bond donors (Lipinski definition) is 1. The van der Waals surface area contributed by atoms with Crippen LogP contribution in [0.15, 0.2) is 27.9 Å². The van der Waals surface area contributed by atoms with Gasteiger partial charge >= 0.3 is 5.76 Å². The number of rotatable bonds is 2. The lowest BCUT2D eigenvalue weighted by atomic mass is 9.98. The molecule has 0 radical (unpaired) electrons. The number of anilines is 1. The summed E-state index contributed by atoms with van der Waals surface area (Å²) >= 11 is 0. The summed E-state index contributed by atoms with van der Waals surface area (Å²) in [7, 11) is 0. The molecule has 4 heterocycles. The Kier molecular flexibility index (Phi) is 2.69. The monoisotopic (exact) mass is 287 g/mol. The predicted molar refractivity (Wildman–Crippen MR) is 72.1 cm³/mol. The molecule has 1 fully saturated rings. The second-order valence-corrected chi connectivity index (χ2v) is 5.03. The van der Waals surface area contributed by atoms with E-state index in [1.165, 1.54) is 6.33 Å². The maximum Gasteiger partial charge on any atom is 0.434 e. The fourth-order valence-corrected chi connectivity index (χ4v) is 2.76. The lowest BCUT2D eigenvalue weighted by Crippen LogP contribution is -2.35. The van der Waals surface area contributed by atoms with Gasteiger partial charge in [0.2, 0.25) is 5.89 Å². The van der Waals surface area contributed by atoms with Crippen LogP contribution in [-0.2, 0) is 0 Å². The van der Waals surface area contributed by atoms with Crippen molar-refractivity contribution in [2.75, 3.05) is 18.0 Å². The van der Waals surface area contributed by atoms with Crippen LogP contribution >= 0.6 is 0 Å². The van der Waals surface area contributed by atoms with E-state index in [2.05, 4.69) is 30.2 Å². The Morgan fingerprint density at radius 1 is 1.38 bits per heavy atom. The molecular weight excluding hydrogens is 274 g/mol. The Hall–Kier alpha value is -2.71. The quantitative estimate of drug-likeness (QED) is 0.717. The van der Waals surface area contributed by atoms with E-state index in [-0.39, 0.29) is 5.92 Å². The van der Waals surface area contributed by atoms with Gasteiger partial charge in [0.1, 0.15) is 6.33 Å². The number of aromatic nitrogens is 6. The van der Waals surface area contributed by atoms with Crippen LogP contribution in [0.3, 0.4) is 0 Å². The van der Waals surface area contributed by atoms with Gasteiger partial charge in [-0.25, -0.2) is 14.9 Å². The molecule has 9 heteroatoms. The average Bonchev–Trinajstić information content (AvgIpc) is 3.15. The van der Waals surface area contributed by atoms with Crippen molar-refractivity contribution in [3.63, 3.8) is 0 Å². The summed E-state index contributed by atoms with van der Waals surface area (Å²) in [4.78, 5) is 21.6. The zero-order valence-corrected chi connectivity index (χ0v) is 11.1. The lowest BCUT2D eigenvalue weighted by molar-refractivity contribution is 0.383. The Bertz CT molecular complexity index is 820. The third-order valence-corrected chi connectivity index (χ3v) is 3.72. The highest BCUT2D eigenvalue weighted by atomic mass is 16.4. The van der Waals surface area contributed by atoms with Crippen molar-refractivity contribution in [3.05, 3.63) is 35.2 Å². The molecule has 0 amide bonds. The number of hydrogen-bond acceptors (Lipinski definition) is 7. The number of H-pyrrole nitrogens is 1. The number of piperidine rings is 1. The standard InChI is InChI=1S/C12H13N7O2/c20-12-17-16-11(21-12)8-2-1-3-18(6-8)10-5-13-4-9-14-7-15-19(9)10/h4-5,7-8H,1-3,6H2,(H,17,20). The molecule has 3 aromatic heterocycles. The lowest BCUT2D eigenvalue weighted by Gasteiger charge is -2.32. The van der Waals surface area contributed by atoms with Crippen LogP contribution < -0.4 is 10.7 Å². The Balaban J connectivity index is 1.66. The second-order valence-electron chi connectivity index (χ2n) is 5.03. The largest absolute Gasteiger partial charge is 0.434 e. The zero-order valence-electron chi connectivity index (χ0n) is 11.1. The van der Waals surface area contributed by atoms with Gasteiger partial charge in [-0.15, -0.1) is 5.10 Å². The maximum atomic E-state index is 11.1. The van der Waals surface area contributed by atoms with E-state index in [9.17, 15) is 4.79 Å². The first-order valence-electron chi connectivity index (χ1n) is 6.75. The first-order chi connectivity index (χ1) is 10.3. The molecule has 3 aromatic rings. The molecule has 1 unspecified atom stereocenters. The number of aromatic amines is 1. The van der Waals surface area contributed by atoms with E-state index >= 15 is 0 Å². The molecule has 0 aliphatic carbocycles. The van der Waals surface area contributed by atoms with Crippen LogP contribution in [0.4, 0.5) is 5.82 Å². The van der Waals surface area contributed by atoms with Gasteiger partial charge in [0.15, 0.2) is 11.5 Å². The fraction of sp³-hybridized carbons (Fsp3) is 0.417. The highest BCUT2D eigenvalue weighted by Crippen LogP contribution is 2.27. The van der Waals surface area contributed by atoms with Crippen molar-refractivity contribution in [2.24, 2.45) is 0 Å². The van der Waals surface area contributed by atoms with E-state index < -0.39 is 5.76 Å². The molecule has 108 valence electrons. The molecule has 0 bridgehead atoms. The van der Waals surface area contributed by atoms with E-state index in [0.717, 1.165) is 25.2 Å². The molecule has 1 aliphatic rings. The zero-order chi connectivity index (χ0) is 14.2. The van der Waals surface area contributed by atoms with Gasteiger partial charge in [0, 0.05) is 13.1 Å². The number of fused-ring (bicyclic) bond motifs is 1. The maximum absolute atomic E-state index is 11.1. The summed E-state index contributed by atoms with van der Waals surface area (Å²) in [6.45, 7) is 1.60. The van der Waals surface area contributed by atoms with Crippen molar-refractivity contribution >= 4 is 11.5 Å². The normalized spacial score (nSPS) is 19.2. The van der Waals surface area contributed by atoms with Gasteiger partial charge in [-0.3, -0.25) is 4.98 Å². The van der Waals surface area contributed by atoms with Crippen molar-refractivity contribution in [3.8, 4) is 0 Å². The van der Waals surface area contributed by atoms with Gasteiger partial charge in [-0.2, -0.15) is 9.61 Å². The third kappa shape index (κ3) is 2.06. The molecule has 0 saturated carbocycles. The summed E-state index contributed by atoms with van der Waals surface area (Å²) in [5.41, 5.74) is 0.709. The van der Waals surface area contributed by atoms with E-state index in [1.807, 2.05) is 0 Å². The molecule has 0 spiro atoms. The SMILES string of the molecule is O=c1[nH]nc(C2CCCN(c3cncc4ncnn34)C2)o1. The molecule has 4 rings (SSSR count). The summed E-state index contributed by atoms with van der Waals surface area (Å²) < 4.78 is 6.84. The van der Waals surface area contributed by atoms with Gasteiger partial charge in [0.25, 0.3) is 0 Å². The minimum absolute atomic E-state index is 0.0801. The highest BCUT2D eigenvalue weighted by Gasteiger charge is 2.26. The van der Waals surface area contributed by atoms with Gasteiger partial charge < -0.3 is 9.32 Å². The van der Waals surface area contributed by atoms with Crippen molar-refractivity contribution in [2.45, 2.75) is 18.8 Å². The van der Waals surface area contributed by atoms with Crippen molar-refractivity contribution in [1.82, 2.24) is 29.8 Å². The Labute approximate surface area is 118 Å². The van der Waals surface area contributed by atoms with Crippen molar-refractivity contribution < 1.29 is 4.42 Å². The van der Waals surface area contributed by atoms with Crippen LogP contribution in [0.25, 0.3) is 5.65 Å². The first kappa shape index (κ1) is 12.1. The summed E-state index contributed by atoms with van der Waals surface area (Å²) in [6, 6.07) is 0. The van der Waals surface area contributed by atoms with Gasteiger partial charge in [-0.05, 0) is 12.8 Å². The van der Waals surface area contributed by atoms with Gasteiger partial charge in [-0.1, -0.05) is 0 Å². The van der Waals surface area contributed by atoms with Crippen LogP contribution in [0, 0.1) is 0 Å². The second kappa shape index (κ2) is 4.69. The van der Waals surface area contributed by atoms with Crippen LogP contribution in [-0.4, -0.2) is 42.9 Å². The summed E-state index contributed by atoms with van der Waals surface area (Å²) in [5, 5.41) is 10.5. The van der Waals surface area contributed by atoms with E-state index in [4.69, 9.17) is 4.42 Å². The van der Waals surface area contributed by atoms with Crippen LogP contribution in [0.1, 0.15) is 24.7 Å². The molecule has 1 N–H and O–H groups in total.